The second-order valence-electron chi connectivity index (χ2n) is 7.59. The molecule has 0 aliphatic carbocycles. The number of nitrogens with zero attached hydrogens (tertiary/aromatic N) is 4. The second-order valence-corrected chi connectivity index (χ2v) is 7.59. The normalized spacial score (nSPS) is 22.1. The number of methoxy groups -OCH3 is 1. The summed E-state index contributed by atoms with van der Waals surface area (Å²) in [6.07, 6.45) is 1.35. The van der Waals surface area contributed by atoms with Crippen molar-refractivity contribution in [2.24, 2.45) is 5.41 Å². The molecule has 146 valence electrons. The van der Waals surface area contributed by atoms with E-state index in [9.17, 15) is 18.8 Å². The molecule has 1 unspecified atom stereocenters. The van der Waals surface area contributed by atoms with Crippen LogP contribution in [0.4, 0.5) is 9.18 Å². The topological polar surface area (TPSA) is 83.1 Å². The van der Waals surface area contributed by atoms with Gasteiger partial charge in [0.15, 0.2) is 11.5 Å². The van der Waals surface area contributed by atoms with Gasteiger partial charge in [0.05, 0.1) is 19.7 Å². The van der Waals surface area contributed by atoms with Gasteiger partial charge in [-0.2, -0.15) is 0 Å². The molecule has 27 heavy (non-hydrogen) atoms. The highest BCUT2D eigenvalue weighted by molar-refractivity contribution is 6.05. The first kappa shape index (κ1) is 19.2. The maximum absolute atomic E-state index is 14.0. The molecule has 0 radical (unpaired) electrons. The Balaban J connectivity index is 1.89. The molecule has 0 aromatic carbocycles. The Morgan fingerprint density at radius 1 is 1.37 bits per heavy atom. The van der Waals surface area contributed by atoms with Crippen molar-refractivity contribution in [2.75, 3.05) is 39.9 Å². The number of aromatic nitrogens is 1. The molecule has 2 aliphatic heterocycles. The number of pyridine rings is 1. The average molecular weight is 378 g/mol. The number of hydrogen-bond donors (Lipinski definition) is 0. The van der Waals surface area contributed by atoms with Crippen molar-refractivity contribution in [3.63, 3.8) is 0 Å². The molecule has 1 atom stereocenters. The van der Waals surface area contributed by atoms with Gasteiger partial charge in [0.2, 0.25) is 0 Å². The minimum absolute atomic E-state index is 0.00628. The molecule has 0 spiro atoms. The van der Waals surface area contributed by atoms with E-state index in [-0.39, 0.29) is 43.9 Å². The molecular formula is C18H23FN4O4. The van der Waals surface area contributed by atoms with E-state index in [1.54, 1.807) is 0 Å². The molecule has 1 aromatic rings. The van der Waals surface area contributed by atoms with Gasteiger partial charge in [-0.05, 0) is 12.1 Å². The lowest BCUT2D eigenvalue weighted by molar-refractivity contribution is -0.128. The predicted octanol–water partition coefficient (Wildman–Crippen LogP) is 0.982. The number of hydrogen-bond acceptors (Lipinski definition) is 5. The van der Waals surface area contributed by atoms with Crippen molar-refractivity contribution in [3.8, 4) is 0 Å². The first-order chi connectivity index (χ1) is 12.7. The summed E-state index contributed by atoms with van der Waals surface area (Å²) in [5.74, 6) is -1.66. The molecule has 8 nitrogen and oxygen atoms in total. The number of imide groups is 1. The molecule has 2 aliphatic rings. The molecule has 0 N–H and O–H groups in total. The van der Waals surface area contributed by atoms with Gasteiger partial charge in [-0.1, -0.05) is 13.8 Å². The monoisotopic (exact) mass is 378 g/mol. The maximum Gasteiger partial charge on any atom is 0.327 e. The lowest BCUT2D eigenvalue weighted by atomic mass is 9.92. The third-order valence-electron chi connectivity index (χ3n) is 4.78. The van der Waals surface area contributed by atoms with Crippen LogP contribution in [-0.2, 0) is 9.53 Å². The minimum Gasteiger partial charge on any atom is -0.383 e. The molecule has 1 aromatic heterocycles. The summed E-state index contributed by atoms with van der Waals surface area (Å²) in [4.78, 5) is 46.3. The average Bonchev–Trinajstić information content (AvgIpc) is 2.75. The smallest absolute Gasteiger partial charge is 0.327 e. The Morgan fingerprint density at radius 2 is 2.11 bits per heavy atom. The third kappa shape index (κ3) is 3.64. The fourth-order valence-corrected chi connectivity index (χ4v) is 3.59. The van der Waals surface area contributed by atoms with Crippen LogP contribution in [0.3, 0.4) is 0 Å². The van der Waals surface area contributed by atoms with Crippen LogP contribution in [0.5, 0.6) is 0 Å². The lowest BCUT2D eigenvalue weighted by Crippen LogP contribution is -2.44. The lowest BCUT2D eigenvalue weighted by Gasteiger charge is -2.30. The summed E-state index contributed by atoms with van der Waals surface area (Å²) in [6, 6.07) is 1.42. The van der Waals surface area contributed by atoms with Crippen molar-refractivity contribution in [3.05, 3.63) is 29.8 Å². The minimum atomic E-state index is -0.785. The zero-order valence-electron chi connectivity index (χ0n) is 15.6. The largest absolute Gasteiger partial charge is 0.383 e. The number of halogens is 1. The second kappa shape index (κ2) is 7.22. The van der Waals surface area contributed by atoms with Crippen LogP contribution in [0, 0.1) is 11.2 Å². The number of urea groups is 1. The number of ether oxygens (including phenoxy) is 1. The Bertz CT molecular complexity index is 769. The van der Waals surface area contributed by atoms with Crippen molar-refractivity contribution in [1.29, 1.82) is 0 Å². The number of amides is 4. The van der Waals surface area contributed by atoms with E-state index >= 15 is 0 Å². The van der Waals surface area contributed by atoms with Gasteiger partial charge in [-0.15, -0.1) is 0 Å². The molecule has 0 saturated carbocycles. The van der Waals surface area contributed by atoms with Gasteiger partial charge in [-0.3, -0.25) is 14.5 Å². The standard InChI is InChI=1S/C18H23FN4O4/c1-18(2)10-21(16(25)14-12(19)5-4-6-20-14)9-13-15(24)22(7-8-27-3)17(26)23(13)11-18/h4-6,13H,7-11H2,1-3H3. The third-order valence-corrected chi connectivity index (χ3v) is 4.78. The van der Waals surface area contributed by atoms with Gasteiger partial charge in [-0.25, -0.2) is 14.2 Å². The Hall–Kier alpha value is -2.55. The van der Waals surface area contributed by atoms with Crippen LogP contribution in [-0.4, -0.2) is 83.5 Å². The molecular weight excluding hydrogens is 355 g/mol. The summed E-state index contributed by atoms with van der Waals surface area (Å²) in [7, 11) is 1.49. The highest BCUT2D eigenvalue weighted by Crippen LogP contribution is 2.30. The van der Waals surface area contributed by atoms with E-state index in [1.807, 2.05) is 13.8 Å². The molecule has 2 saturated heterocycles. The predicted molar refractivity (Wildman–Crippen MR) is 93.4 cm³/mol. The van der Waals surface area contributed by atoms with Crippen LogP contribution in [0.25, 0.3) is 0 Å². The molecule has 3 heterocycles. The Kier molecular flexibility index (Phi) is 5.14. The summed E-state index contributed by atoms with van der Waals surface area (Å²) < 4.78 is 19.0. The zero-order valence-corrected chi connectivity index (χ0v) is 15.6. The Morgan fingerprint density at radius 3 is 2.78 bits per heavy atom. The van der Waals surface area contributed by atoms with Gasteiger partial charge in [0.1, 0.15) is 6.04 Å². The highest BCUT2D eigenvalue weighted by atomic mass is 19.1. The van der Waals surface area contributed by atoms with Crippen LogP contribution in [0.15, 0.2) is 18.3 Å². The molecule has 0 bridgehead atoms. The molecule has 4 amide bonds. The van der Waals surface area contributed by atoms with Crippen molar-refractivity contribution >= 4 is 17.8 Å². The Labute approximate surface area is 156 Å². The first-order valence-electron chi connectivity index (χ1n) is 8.76. The summed E-state index contributed by atoms with van der Waals surface area (Å²) >= 11 is 0. The molecule has 3 rings (SSSR count). The van der Waals surface area contributed by atoms with Gasteiger partial charge >= 0.3 is 6.03 Å². The number of carbonyl (C=O) groups is 3. The van der Waals surface area contributed by atoms with Crippen LogP contribution in [0.1, 0.15) is 24.3 Å². The number of rotatable bonds is 4. The van der Waals surface area contributed by atoms with Crippen LogP contribution < -0.4 is 0 Å². The van der Waals surface area contributed by atoms with E-state index < -0.39 is 23.2 Å². The van der Waals surface area contributed by atoms with Crippen molar-refractivity contribution < 1.29 is 23.5 Å². The molecule has 2 fully saturated rings. The van der Waals surface area contributed by atoms with Crippen LogP contribution in [0.2, 0.25) is 0 Å². The van der Waals surface area contributed by atoms with E-state index in [4.69, 9.17) is 4.74 Å². The van der Waals surface area contributed by atoms with Crippen LogP contribution >= 0.6 is 0 Å². The first-order valence-corrected chi connectivity index (χ1v) is 8.76. The van der Waals surface area contributed by atoms with Crippen molar-refractivity contribution in [1.82, 2.24) is 19.7 Å². The van der Waals surface area contributed by atoms with Crippen molar-refractivity contribution in [2.45, 2.75) is 19.9 Å². The summed E-state index contributed by atoms with van der Waals surface area (Å²) in [5.41, 5.74) is -0.752. The highest BCUT2D eigenvalue weighted by Gasteiger charge is 2.50. The summed E-state index contributed by atoms with van der Waals surface area (Å²) in [5, 5.41) is 0. The molecule has 9 heteroatoms. The number of carbonyl (C=O) groups excluding carboxylic acids is 3. The van der Waals surface area contributed by atoms with Gasteiger partial charge in [0, 0.05) is 31.8 Å². The zero-order chi connectivity index (χ0) is 19.8. The summed E-state index contributed by atoms with van der Waals surface area (Å²) in [6.45, 7) is 4.81. The maximum atomic E-state index is 14.0. The van der Waals surface area contributed by atoms with E-state index in [0.29, 0.717) is 6.54 Å². The number of fused-ring (bicyclic) bond motifs is 1. The van der Waals surface area contributed by atoms with E-state index in [1.165, 1.54) is 35.2 Å². The quantitative estimate of drug-likeness (QED) is 0.730. The SMILES string of the molecule is COCCN1C(=O)C2CN(C(=O)c3ncccc3F)CC(C)(C)CN2C1=O. The van der Waals surface area contributed by atoms with Gasteiger partial charge in [0.25, 0.3) is 11.8 Å². The fraction of sp³-hybridized carbons (Fsp3) is 0.556. The van der Waals surface area contributed by atoms with E-state index in [2.05, 4.69) is 4.98 Å². The van der Waals surface area contributed by atoms with Gasteiger partial charge < -0.3 is 14.5 Å². The van der Waals surface area contributed by atoms with E-state index in [0.717, 1.165) is 4.90 Å². The fourth-order valence-electron chi connectivity index (χ4n) is 3.59.